The fourth-order valence-corrected chi connectivity index (χ4v) is 1.85. The highest BCUT2D eigenvalue weighted by molar-refractivity contribution is 5.38. The van der Waals surface area contributed by atoms with Gasteiger partial charge in [0.1, 0.15) is 5.75 Å². The number of aliphatic hydroxyl groups excluding tert-OH is 1. The Labute approximate surface area is 109 Å². The van der Waals surface area contributed by atoms with E-state index in [4.69, 9.17) is 14.6 Å². The first-order chi connectivity index (χ1) is 8.72. The summed E-state index contributed by atoms with van der Waals surface area (Å²) in [6, 6.07) is 6.36. The third-order valence-electron chi connectivity index (χ3n) is 2.89. The molecule has 0 radical (unpaired) electrons. The number of methoxy groups -OCH3 is 2. The Kier molecular flexibility index (Phi) is 6.72. The molecule has 0 saturated heterocycles. The summed E-state index contributed by atoms with van der Waals surface area (Å²) < 4.78 is 10.5. The van der Waals surface area contributed by atoms with Crippen molar-refractivity contribution in [2.24, 2.45) is 0 Å². The Bertz CT molecular complexity index is 355. The smallest absolute Gasteiger partial charge is 0.124 e. The van der Waals surface area contributed by atoms with Gasteiger partial charge in [-0.15, -0.1) is 0 Å². The number of nitrogens with one attached hydrogen (secondary N) is 1. The van der Waals surface area contributed by atoms with Gasteiger partial charge in [0.25, 0.3) is 0 Å². The predicted molar refractivity (Wildman–Crippen MR) is 71.8 cm³/mol. The van der Waals surface area contributed by atoms with E-state index in [1.165, 1.54) is 5.56 Å². The van der Waals surface area contributed by atoms with Crippen LogP contribution >= 0.6 is 0 Å². The minimum Gasteiger partial charge on any atom is -0.496 e. The maximum atomic E-state index is 8.76. The molecular weight excluding hydrogens is 230 g/mol. The molecule has 0 aliphatic heterocycles. The van der Waals surface area contributed by atoms with E-state index in [2.05, 4.69) is 24.4 Å². The number of aliphatic hydroxyl groups is 1. The maximum Gasteiger partial charge on any atom is 0.124 e. The highest BCUT2D eigenvalue weighted by Gasteiger charge is 2.09. The second kappa shape index (κ2) is 8.08. The first-order valence-electron chi connectivity index (χ1n) is 6.23. The van der Waals surface area contributed by atoms with E-state index in [-0.39, 0.29) is 12.6 Å². The highest BCUT2D eigenvalue weighted by Crippen LogP contribution is 2.23. The molecule has 1 aromatic rings. The molecule has 0 heterocycles. The van der Waals surface area contributed by atoms with Gasteiger partial charge in [0, 0.05) is 25.3 Å². The van der Waals surface area contributed by atoms with Crippen LogP contribution in [0.5, 0.6) is 5.75 Å². The van der Waals surface area contributed by atoms with Crippen molar-refractivity contribution in [1.29, 1.82) is 0 Å². The molecule has 102 valence electrons. The van der Waals surface area contributed by atoms with Gasteiger partial charge in [-0.2, -0.15) is 0 Å². The van der Waals surface area contributed by atoms with Crippen LogP contribution in [0.25, 0.3) is 0 Å². The minimum atomic E-state index is 0.220. The van der Waals surface area contributed by atoms with Gasteiger partial charge in [-0.25, -0.2) is 0 Å². The molecule has 2 N–H and O–H groups in total. The second-order valence-corrected chi connectivity index (χ2v) is 4.26. The SMILES string of the molecule is COCc1cc(C(C)NCCCO)ccc1OC. The number of ether oxygens (including phenoxy) is 2. The molecule has 0 aliphatic rings. The van der Waals surface area contributed by atoms with E-state index in [0.717, 1.165) is 24.3 Å². The summed E-state index contributed by atoms with van der Waals surface area (Å²) in [4.78, 5) is 0. The van der Waals surface area contributed by atoms with Crippen LogP contribution in [0.15, 0.2) is 18.2 Å². The normalized spacial score (nSPS) is 12.4. The zero-order valence-electron chi connectivity index (χ0n) is 11.4. The third kappa shape index (κ3) is 4.29. The molecule has 1 rings (SSSR count). The number of rotatable bonds is 8. The summed E-state index contributed by atoms with van der Waals surface area (Å²) in [5.74, 6) is 0.850. The van der Waals surface area contributed by atoms with Crippen molar-refractivity contribution >= 4 is 0 Å². The molecule has 0 amide bonds. The molecule has 1 aromatic carbocycles. The van der Waals surface area contributed by atoms with Crippen molar-refractivity contribution in [3.8, 4) is 5.75 Å². The van der Waals surface area contributed by atoms with Crippen LogP contribution in [0.2, 0.25) is 0 Å². The lowest BCUT2D eigenvalue weighted by Crippen LogP contribution is -2.20. The van der Waals surface area contributed by atoms with Gasteiger partial charge in [0.05, 0.1) is 13.7 Å². The Hall–Kier alpha value is -1.10. The molecule has 0 aliphatic carbocycles. The molecule has 0 aromatic heterocycles. The fourth-order valence-electron chi connectivity index (χ4n) is 1.85. The van der Waals surface area contributed by atoms with Crippen molar-refractivity contribution in [3.05, 3.63) is 29.3 Å². The van der Waals surface area contributed by atoms with E-state index < -0.39 is 0 Å². The van der Waals surface area contributed by atoms with Crippen LogP contribution in [0.4, 0.5) is 0 Å². The van der Waals surface area contributed by atoms with E-state index in [0.29, 0.717) is 6.61 Å². The van der Waals surface area contributed by atoms with E-state index in [1.54, 1.807) is 14.2 Å². The molecule has 0 saturated carbocycles. The Morgan fingerprint density at radius 1 is 1.33 bits per heavy atom. The van der Waals surface area contributed by atoms with Gasteiger partial charge in [0.2, 0.25) is 0 Å². The van der Waals surface area contributed by atoms with Crippen LogP contribution in [-0.2, 0) is 11.3 Å². The summed E-state index contributed by atoms with van der Waals surface area (Å²) in [6.07, 6.45) is 0.769. The van der Waals surface area contributed by atoms with Crippen LogP contribution in [0, 0.1) is 0 Å². The third-order valence-corrected chi connectivity index (χ3v) is 2.89. The molecule has 18 heavy (non-hydrogen) atoms. The molecule has 0 bridgehead atoms. The summed E-state index contributed by atoms with van der Waals surface area (Å²) in [7, 11) is 3.34. The maximum absolute atomic E-state index is 8.76. The van der Waals surface area contributed by atoms with E-state index >= 15 is 0 Å². The summed E-state index contributed by atoms with van der Waals surface area (Å²) in [5.41, 5.74) is 2.24. The summed E-state index contributed by atoms with van der Waals surface area (Å²) >= 11 is 0. The lowest BCUT2D eigenvalue weighted by atomic mass is 10.0. The van der Waals surface area contributed by atoms with Gasteiger partial charge in [0.15, 0.2) is 0 Å². The average Bonchev–Trinajstić information content (AvgIpc) is 2.39. The molecule has 0 fully saturated rings. The lowest BCUT2D eigenvalue weighted by molar-refractivity contribution is 0.181. The highest BCUT2D eigenvalue weighted by atomic mass is 16.5. The van der Waals surface area contributed by atoms with Crippen molar-refractivity contribution in [1.82, 2.24) is 5.32 Å². The average molecular weight is 253 g/mol. The van der Waals surface area contributed by atoms with Gasteiger partial charge < -0.3 is 19.9 Å². The lowest BCUT2D eigenvalue weighted by Gasteiger charge is -2.16. The number of hydrogen-bond acceptors (Lipinski definition) is 4. The monoisotopic (exact) mass is 253 g/mol. The Morgan fingerprint density at radius 3 is 2.72 bits per heavy atom. The van der Waals surface area contributed by atoms with Crippen LogP contribution in [0.1, 0.15) is 30.5 Å². The standard InChI is InChI=1S/C14H23NO3/c1-11(15-7-4-8-16)12-5-6-14(18-3)13(9-12)10-17-2/h5-6,9,11,15-16H,4,7-8,10H2,1-3H3. The minimum absolute atomic E-state index is 0.220. The predicted octanol–water partition coefficient (Wildman–Crippen LogP) is 1.87. The number of hydrogen-bond donors (Lipinski definition) is 2. The van der Waals surface area contributed by atoms with Crippen LogP contribution < -0.4 is 10.1 Å². The molecule has 1 unspecified atom stereocenters. The second-order valence-electron chi connectivity index (χ2n) is 4.26. The van der Waals surface area contributed by atoms with Crippen LogP contribution in [-0.4, -0.2) is 32.5 Å². The number of benzene rings is 1. The topological polar surface area (TPSA) is 50.7 Å². The van der Waals surface area contributed by atoms with Gasteiger partial charge in [-0.1, -0.05) is 6.07 Å². The molecule has 4 heteroatoms. The van der Waals surface area contributed by atoms with Crippen molar-refractivity contribution in [3.63, 3.8) is 0 Å². The zero-order valence-corrected chi connectivity index (χ0v) is 11.4. The molecular formula is C14H23NO3. The largest absolute Gasteiger partial charge is 0.496 e. The van der Waals surface area contributed by atoms with E-state index in [1.807, 2.05) is 6.07 Å². The first kappa shape index (κ1) is 15.0. The molecule has 1 atom stereocenters. The zero-order chi connectivity index (χ0) is 13.4. The van der Waals surface area contributed by atoms with Gasteiger partial charge >= 0.3 is 0 Å². The fraction of sp³-hybridized carbons (Fsp3) is 0.571. The summed E-state index contributed by atoms with van der Waals surface area (Å²) in [6.45, 7) is 3.68. The quantitative estimate of drug-likeness (QED) is 0.695. The molecule has 4 nitrogen and oxygen atoms in total. The Morgan fingerprint density at radius 2 is 2.11 bits per heavy atom. The first-order valence-corrected chi connectivity index (χ1v) is 6.23. The van der Waals surface area contributed by atoms with Gasteiger partial charge in [-0.05, 0) is 37.6 Å². The Balaban J connectivity index is 2.73. The van der Waals surface area contributed by atoms with Crippen LogP contribution in [0.3, 0.4) is 0 Å². The van der Waals surface area contributed by atoms with E-state index in [9.17, 15) is 0 Å². The van der Waals surface area contributed by atoms with Crippen molar-refractivity contribution < 1.29 is 14.6 Å². The van der Waals surface area contributed by atoms with Gasteiger partial charge in [-0.3, -0.25) is 0 Å². The van der Waals surface area contributed by atoms with Crippen molar-refractivity contribution in [2.45, 2.75) is 26.0 Å². The molecule has 0 spiro atoms. The van der Waals surface area contributed by atoms with Crippen molar-refractivity contribution in [2.75, 3.05) is 27.4 Å². The summed E-state index contributed by atoms with van der Waals surface area (Å²) in [5, 5.41) is 12.1.